The van der Waals surface area contributed by atoms with Crippen molar-refractivity contribution in [1.82, 2.24) is 20.2 Å². The van der Waals surface area contributed by atoms with E-state index in [-0.39, 0.29) is 11.9 Å². The summed E-state index contributed by atoms with van der Waals surface area (Å²) in [5, 5.41) is 3.39. The molecule has 1 atom stereocenters. The van der Waals surface area contributed by atoms with Gasteiger partial charge in [-0.1, -0.05) is 12.1 Å². The standard InChI is InChI=1S/C17H22FN5/c1-22(2)17-20-9-13(10-21-17)12-23-7-6-19-11-16(23)14-4-3-5-15(18)8-14/h3-5,8-10,16,19H,6-7,11-12H2,1-2H3. The van der Waals surface area contributed by atoms with Gasteiger partial charge in [0.1, 0.15) is 5.82 Å². The molecule has 0 saturated carbocycles. The average molecular weight is 315 g/mol. The Bertz CT molecular complexity index is 644. The number of rotatable bonds is 4. The zero-order valence-electron chi connectivity index (χ0n) is 13.5. The van der Waals surface area contributed by atoms with Crippen LogP contribution in [0.2, 0.25) is 0 Å². The van der Waals surface area contributed by atoms with Crippen LogP contribution in [0.4, 0.5) is 10.3 Å². The van der Waals surface area contributed by atoms with Crippen LogP contribution in [0.25, 0.3) is 0 Å². The first kappa shape index (κ1) is 15.8. The minimum atomic E-state index is -0.188. The normalized spacial score (nSPS) is 18.8. The minimum absolute atomic E-state index is 0.160. The third kappa shape index (κ3) is 3.83. The first-order chi connectivity index (χ1) is 11.1. The van der Waals surface area contributed by atoms with Gasteiger partial charge in [0.15, 0.2) is 0 Å². The average Bonchev–Trinajstić information content (AvgIpc) is 2.56. The summed E-state index contributed by atoms with van der Waals surface area (Å²) in [5.41, 5.74) is 2.07. The molecule has 0 spiro atoms. The fourth-order valence-electron chi connectivity index (χ4n) is 2.87. The lowest BCUT2D eigenvalue weighted by Crippen LogP contribution is -2.45. The highest BCUT2D eigenvalue weighted by molar-refractivity contribution is 5.27. The molecule has 0 radical (unpaired) electrons. The van der Waals surface area contributed by atoms with E-state index in [1.54, 1.807) is 12.1 Å². The van der Waals surface area contributed by atoms with Crippen molar-refractivity contribution in [3.05, 3.63) is 53.6 Å². The Hall–Kier alpha value is -2.05. The second-order valence-electron chi connectivity index (χ2n) is 6.03. The Morgan fingerprint density at radius 1 is 1.30 bits per heavy atom. The van der Waals surface area contributed by atoms with Crippen molar-refractivity contribution in [2.45, 2.75) is 12.6 Å². The third-order valence-corrected chi connectivity index (χ3v) is 4.07. The molecule has 6 heteroatoms. The molecule has 122 valence electrons. The molecule has 3 rings (SSSR count). The molecule has 1 unspecified atom stereocenters. The maximum Gasteiger partial charge on any atom is 0.224 e. The van der Waals surface area contributed by atoms with Crippen LogP contribution in [0.3, 0.4) is 0 Å². The van der Waals surface area contributed by atoms with Crippen LogP contribution in [-0.2, 0) is 6.54 Å². The van der Waals surface area contributed by atoms with E-state index in [0.29, 0.717) is 5.95 Å². The van der Waals surface area contributed by atoms with Gasteiger partial charge in [-0.15, -0.1) is 0 Å². The molecule has 2 aromatic rings. The zero-order valence-corrected chi connectivity index (χ0v) is 13.5. The molecule has 0 aliphatic carbocycles. The number of hydrogen-bond donors (Lipinski definition) is 1. The fourth-order valence-corrected chi connectivity index (χ4v) is 2.87. The van der Waals surface area contributed by atoms with Crippen molar-refractivity contribution < 1.29 is 4.39 Å². The van der Waals surface area contributed by atoms with Crippen molar-refractivity contribution in [2.75, 3.05) is 38.6 Å². The number of aromatic nitrogens is 2. The summed E-state index contributed by atoms with van der Waals surface area (Å²) < 4.78 is 13.5. The molecule has 23 heavy (non-hydrogen) atoms. The van der Waals surface area contributed by atoms with Crippen LogP contribution in [0.1, 0.15) is 17.2 Å². The van der Waals surface area contributed by atoms with Crippen molar-refractivity contribution in [2.24, 2.45) is 0 Å². The van der Waals surface area contributed by atoms with Gasteiger partial charge in [0.25, 0.3) is 0 Å². The number of nitrogens with zero attached hydrogens (tertiary/aromatic N) is 4. The van der Waals surface area contributed by atoms with Gasteiger partial charge in [-0.05, 0) is 17.7 Å². The topological polar surface area (TPSA) is 44.3 Å². The quantitative estimate of drug-likeness (QED) is 0.932. The number of halogens is 1. The highest BCUT2D eigenvalue weighted by Crippen LogP contribution is 2.24. The van der Waals surface area contributed by atoms with E-state index in [0.717, 1.165) is 37.3 Å². The van der Waals surface area contributed by atoms with Gasteiger partial charge in [0, 0.05) is 64.3 Å². The lowest BCUT2D eigenvalue weighted by atomic mass is 10.0. The number of nitrogens with one attached hydrogen (secondary N) is 1. The first-order valence-corrected chi connectivity index (χ1v) is 7.82. The summed E-state index contributed by atoms with van der Waals surface area (Å²) in [7, 11) is 3.84. The Morgan fingerprint density at radius 3 is 2.78 bits per heavy atom. The summed E-state index contributed by atoms with van der Waals surface area (Å²) in [6, 6.07) is 7.02. The van der Waals surface area contributed by atoms with Crippen LogP contribution in [0.5, 0.6) is 0 Å². The predicted octanol–water partition coefficient (Wildman–Crippen LogP) is 1.83. The van der Waals surface area contributed by atoms with Gasteiger partial charge in [-0.25, -0.2) is 14.4 Å². The monoisotopic (exact) mass is 315 g/mol. The SMILES string of the molecule is CN(C)c1ncc(CN2CCNCC2c2cccc(F)c2)cn1. The molecule has 1 N–H and O–H groups in total. The molecule has 0 amide bonds. The summed E-state index contributed by atoms with van der Waals surface area (Å²) in [4.78, 5) is 13.0. The van der Waals surface area contributed by atoms with Crippen LogP contribution in [0.15, 0.2) is 36.7 Å². The smallest absolute Gasteiger partial charge is 0.224 e. The molecule has 1 aromatic heterocycles. The van der Waals surface area contributed by atoms with Gasteiger partial charge in [-0.2, -0.15) is 0 Å². The Balaban J connectivity index is 1.76. The number of anilines is 1. The van der Waals surface area contributed by atoms with Gasteiger partial charge in [0.2, 0.25) is 5.95 Å². The molecule has 2 heterocycles. The molecular weight excluding hydrogens is 293 g/mol. The van der Waals surface area contributed by atoms with Crippen LogP contribution < -0.4 is 10.2 Å². The second-order valence-corrected chi connectivity index (χ2v) is 6.03. The molecule has 1 aliphatic heterocycles. The van der Waals surface area contributed by atoms with Crippen LogP contribution >= 0.6 is 0 Å². The Morgan fingerprint density at radius 2 is 2.09 bits per heavy atom. The molecule has 1 saturated heterocycles. The molecule has 0 bridgehead atoms. The van der Waals surface area contributed by atoms with Gasteiger partial charge < -0.3 is 10.2 Å². The lowest BCUT2D eigenvalue weighted by molar-refractivity contribution is 0.153. The van der Waals surface area contributed by atoms with E-state index in [4.69, 9.17) is 0 Å². The summed E-state index contributed by atoms with van der Waals surface area (Å²) in [5.74, 6) is 0.516. The van der Waals surface area contributed by atoms with Crippen molar-refractivity contribution >= 4 is 5.95 Å². The minimum Gasteiger partial charge on any atom is -0.347 e. The van der Waals surface area contributed by atoms with Crippen molar-refractivity contribution in [3.63, 3.8) is 0 Å². The fraction of sp³-hybridized carbons (Fsp3) is 0.412. The Labute approximate surface area is 136 Å². The maximum atomic E-state index is 13.5. The molecule has 1 fully saturated rings. The zero-order chi connectivity index (χ0) is 16.2. The maximum absolute atomic E-state index is 13.5. The summed E-state index contributed by atoms with van der Waals surface area (Å²) in [6.45, 7) is 3.43. The highest BCUT2D eigenvalue weighted by atomic mass is 19.1. The van der Waals surface area contributed by atoms with Gasteiger partial charge in [0.05, 0.1) is 0 Å². The number of benzene rings is 1. The molecule has 1 aliphatic rings. The molecule has 5 nitrogen and oxygen atoms in total. The molecular formula is C17H22FN5. The van der Waals surface area contributed by atoms with E-state index < -0.39 is 0 Å². The Kier molecular flexibility index (Phi) is 4.83. The largest absolute Gasteiger partial charge is 0.347 e. The lowest BCUT2D eigenvalue weighted by Gasteiger charge is -2.36. The van der Waals surface area contributed by atoms with E-state index in [9.17, 15) is 4.39 Å². The highest BCUT2D eigenvalue weighted by Gasteiger charge is 2.24. The number of piperazine rings is 1. The molecule has 1 aromatic carbocycles. The summed E-state index contributed by atoms with van der Waals surface area (Å²) >= 11 is 0. The van der Waals surface area contributed by atoms with Crippen LogP contribution in [0, 0.1) is 5.82 Å². The van der Waals surface area contributed by atoms with Crippen molar-refractivity contribution in [3.8, 4) is 0 Å². The van der Waals surface area contributed by atoms with Crippen molar-refractivity contribution in [1.29, 1.82) is 0 Å². The predicted molar refractivity (Wildman–Crippen MR) is 88.8 cm³/mol. The van der Waals surface area contributed by atoms with E-state index >= 15 is 0 Å². The van der Waals surface area contributed by atoms with Gasteiger partial charge >= 0.3 is 0 Å². The number of hydrogen-bond acceptors (Lipinski definition) is 5. The van der Waals surface area contributed by atoms with E-state index in [2.05, 4.69) is 20.2 Å². The third-order valence-electron chi connectivity index (χ3n) is 4.07. The summed E-state index contributed by atoms with van der Waals surface area (Å²) in [6.07, 6.45) is 3.74. The second kappa shape index (κ2) is 7.02. The van der Waals surface area contributed by atoms with Crippen LogP contribution in [-0.4, -0.2) is 48.6 Å². The van der Waals surface area contributed by atoms with E-state index in [1.807, 2.05) is 37.5 Å². The van der Waals surface area contributed by atoms with Gasteiger partial charge in [-0.3, -0.25) is 4.90 Å². The van der Waals surface area contributed by atoms with E-state index in [1.165, 1.54) is 6.07 Å². The first-order valence-electron chi connectivity index (χ1n) is 7.82.